The first-order chi connectivity index (χ1) is 48.4. The number of carbonyl (C=O) groups is 10. The molecule has 2 bridgehead atoms. The monoisotopic (exact) mass is 1430 g/mol. The van der Waals surface area contributed by atoms with Gasteiger partial charge in [-0.15, -0.1) is 0 Å². The normalized spacial score (nSPS) is 24.4. The summed E-state index contributed by atoms with van der Waals surface area (Å²) in [4.78, 5) is 154. The van der Waals surface area contributed by atoms with Crippen molar-refractivity contribution in [1.29, 1.82) is 0 Å². The number of unbranched alkanes of at least 4 members (excludes halogenated alkanes) is 1. The Balaban J connectivity index is 1.05. The Labute approximate surface area is 591 Å². The molecular weight excluding hydrogens is 1340 g/mol. The Bertz CT molecular complexity index is 4010. The van der Waals surface area contributed by atoms with Crippen LogP contribution in [0.2, 0.25) is 0 Å². The number of ether oxygens (including phenoxy) is 2. The van der Waals surface area contributed by atoms with E-state index in [1.807, 2.05) is 18.2 Å². The van der Waals surface area contributed by atoms with E-state index >= 15 is 18.8 Å². The van der Waals surface area contributed by atoms with Gasteiger partial charge in [0.25, 0.3) is 0 Å². The number of methoxy groups -OCH3 is 2. The molecule has 2 aromatic heterocycles. The Morgan fingerprint density at radius 2 is 1.27 bits per heavy atom. The van der Waals surface area contributed by atoms with E-state index in [9.17, 15) is 43.1 Å². The molecule has 5 heterocycles. The Kier molecular flexibility index (Phi) is 26.2. The first kappa shape index (κ1) is 75.9. The molecule has 0 aliphatic carbocycles. The van der Waals surface area contributed by atoms with Crippen molar-refractivity contribution >= 4 is 104 Å². The fraction of sp³-hybridized carbons (Fsp3) is 0.465. The van der Waals surface area contributed by atoms with Gasteiger partial charge in [0.2, 0.25) is 59.1 Å². The lowest BCUT2D eigenvalue weighted by Crippen LogP contribution is -2.64. The molecular formula is C71H89F2N13O13S2. The van der Waals surface area contributed by atoms with Crippen molar-refractivity contribution < 1.29 is 71.3 Å². The molecule has 4 aromatic carbocycles. The predicted octanol–water partition coefficient (Wildman–Crippen LogP) is 3.32. The van der Waals surface area contributed by atoms with E-state index in [1.54, 1.807) is 31.2 Å². The molecule has 3 aliphatic heterocycles. The summed E-state index contributed by atoms with van der Waals surface area (Å²) in [7, 11) is 3.00. The summed E-state index contributed by atoms with van der Waals surface area (Å²) >= 11 is 2.77. The summed E-state index contributed by atoms with van der Waals surface area (Å²) in [6.45, 7) is 4.51. The fourth-order valence-electron chi connectivity index (χ4n) is 13.0. The van der Waals surface area contributed by atoms with Crippen LogP contribution in [0.4, 0.5) is 8.78 Å². The standard InChI is InChI=1S/C71H89F2N13O13S2/c1-39-63(90)80-55(30-44-34-76-52-18-14-46(72)32-50(44)52)65(92)81-57(31-45-35-77-53-19-15-47(73)33-51(45)53)68(95)85-23-8-11-59(85)66(93)84-61(40(2)87)67(94)82-56(29-41-12-16-48(98-4)17-13-41)69(96)86-24-9-21-71(86,3)70(97)83-58(62(75)89)38-101-37-43-26-42(27-49(28-43)99-5)36-100-25-20-60(88)79-54(64(91)78-39)10-6-7-22-74/h12-19,26-28,32-35,39-40,54-59,61,76-77,87H,6-11,20-25,29-31,36-38,74H2,1-5H3,(H2,75,89)(H,78,91)(H,79,88)(H,80,90)(H,81,92)(H,82,94)(H,83,97)(H,84,93)/t39-,40-,54+,55+,56+,57+,58+,59+,61+,71+/m1/s1. The van der Waals surface area contributed by atoms with Crippen LogP contribution in [0.3, 0.4) is 0 Å². The Hall–Kier alpha value is -9.26. The van der Waals surface area contributed by atoms with Crippen molar-refractivity contribution in [2.75, 3.05) is 45.4 Å². The van der Waals surface area contributed by atoms with E-state index in [0.29, 0.717) is 93.1 Å². The summed E-state index contributed by atoms with van der Waals surface area (Å²) < 4.78 is 40.9. The predicted molar refractivity (Wildman–Crippen MR) is 378 cm³/mol. The molecule has 0 radical (unpaired) electrons. The van der Waals surface area contributed by atoms with Gasteiger partial charge in [0.05, 0.1) is 20.3 Å². The van der Waals surface area contributed by atoms with Crippen molar-refractivity contribution in [3.63, 3.8) is 0 Å². The molecule has 26 nitrogen and oxygen atoms in total. The van der Waals surface area contributed by atoms with E-state index in [0.717, 1.165) is 11.1 Å². The van der Waals surface area contributed by atoms with Gasteiger partial charge >= 0.3 is 0 Å². The molecule has 101 heavy (non-hydrogen) atoms. The summed E-state index contributed by atoms with van der Waals surface area (Å²) in [6, 6.07) is 8.96. The number of amides is 10. The third-order valence-electron chi connectivity index (χ3n) is 18.6. The highest BCUT2D eigenvalue weighted by atomic mass is 32.2. The van der Waals surface area contributed by atoms with Crippen LogP contribution in [-0.2, 0) is 78.7 Å². The maximum atomic E-state index is 15.5. The highest BCUT2D eigenvalue weighted by molar-refractivity contribution is 7.98. The van der Waals surface area contributed by atoms with Gasteiger partial charge in [0, 0.05) is 96.0 Å². The van der Waals surface area contributed by atoms with Gasteiger partial charge in [0.1, 0.15) is 77.0 Å². The molecule has 14 N–H and O–H groups in total. The quantitative estimate of drug-likeness (QED) is 0.0696. The number of H-pyrrole nitrogens is 2. The lowest BCUT2D eigenvalue weighted by Gasteiger charge is -2.37. The van der Waals surface area contributed by atoms with Crippen molar-refractivity contribution in [3.05, 3.63) is 131 Å². The third-order valence-corrected chi connectivity index (χ3v) is 20.8. The Morgan fingerprint density at radius 1 is 0.663 bits per heavy atom. The number of nitrogens with one attached hydrogen (secondary N) is 9. The minimum atomic E-state index is -1.76. The van der Waals surface area contributed by atoms with Gasteiger partial charge in [-0.3, -0.25) is 47.9 Å². The zero-order valence-electron chi connectivity index (χ0n) is 57.1. The molecule has 0 saturated carbocycles. The van der Waals surface area contributed by atoms with Crippen LogP contribution in [0.5, 0.6) is 11.5 Å². The molecule has 0 unspecified atom stereocenters. The number of fused-ring (bicyclic) bond motifs is 6. The first-order valence-electron chi connectivity index (χ1n) is 33.7. The van der Waals surface area contributed by atoms with E-state index in [2.05, 4.69) is 47.2 Å². The topological polar surface area (TPSA) is 384 Å². The maximum absolute atomic E-state index is 15.5. The number of aliphatic hydroxyl groups excluding tert-OH is 1. The van der Waals surface area contributed by atoms with Crippen LogP contribution in [0.1, 0.15) is 100.0 Å². The van der Waals surface area contributed by atoms with Gasteiger partial charge in [-0.1, -0.05) is 18.2 Å². The number of primary amides is 1. The van der Waals surface area contributed by atoms with Gasteiger partial charge in [-0.05, 0) is 161 Å². The number of carbonyl (C=O) groups excluding carboxylic acids is 10. The second kappa shape index (κ2) is 34.9. The van der Waals surface area contributed by atoms with Gasteiger partial charge in [-0.25, -0.2) is 8.78 Å². The minimum absolute atomic E-state index is 0.00434. The molecule has 10 atom stereocenters. The van der Waals surface area contributed by atoms with E-state index in [4.69, 9.17) is 20.9 Å². The largest absolute Gasteiger partial charge is 0.497 e. The molecule has 9 rings (SSSR count). The van der Waals surface area contributed by atoms with Gasteiger partial charge in [-0.2, -0.15) is 23.5 Å². The zero-order chi connectivity index (χ0) is 72.7. The molecule has 0 spiro atoms. The van der Waals surface area contributed by atoms with Crippen LogP contribution in [0.15, 0.2) is 91.3 Å². The smallest absolute Gasteiger partial charge is 0.246 e. The summed E-state index contributed by atoms with van der Waals surface area (Å²) in [6.07, 6.45) is 2.60. The van der Waals surface area contributed by atoms with Crippen LogP contribution in [-0.4, -0.2) is 189 Å². The van der Waals surface area contributed by atoms with Crippen LogP contribution >= 0.6 is 23.5 Å². The van der Waals surface area contributed by atoms with Gasteiger partial charge in [0.15, 0.2) is 0 Å². The number of aliphatic hydroxyl groups is 1. The van der Waals surface area contributed by atoms with Crippen molar-refractivity contribution in [3.8, 4) is 11.5 Å². The highest BCUT2D eigenvalue weighted by Gasteiger charge is 2.49. The number of nitrogens with two attached hydrogens (primary N) is 2. The number of nitrogens with zero attached hydrogens (tertiary/aromatic N) is 2. The Morgan fingerprint density at radius 3 is 1.89 bits per heavy atom. The maximum Gasteiger partial charge on any atom is 0.246 e. The SMILES string of the molecule is COc1ccc(C[C@@H]2NC(=O)[C@H]([C@@H](C)O)NC(=O)[C@@H]3CCCN3C(=O)[C@H](Cc3c[nH]c4ccc(F)cc34)NC(=O)[C@H](Cc3c[nH]c4ccc(F)cc34)NC(=O)[C@@H](C)NC(=O)[C@H](CCCCN)NC(=O)CCSCc3cc(cc(OC)c3)CSC[C@@H](C(N)=O)NC(=O)[C@]3(C)CCCN3C2=O)cc1. The van der Waals surface area contributed by atoms with Crippen LogP contribution in [0, 0.1) is 11.6 Å². The third kappa shape index (κ3) is 19.4. The first-order valence-corrected chi connectivity index (χ1v) is 36.1. The highest BCUT2D eigenvalue weighted by Crippen LogP contribution is 2.33. The van der Waals surface area contributed by atoms with Gasteiger partial charge < -0.3 is 83.0 Å². The van der Waals surface area contributed by atoms with Crippen molar-refractivity contribution in [2.45, 2.75) is 163 Å². The van der Waals surface area contributed by atoms with E-state index in [1.165, 1.54) is 110 Å². The average Bonchev–Trinajstić information content (AvgIpc) is 1.69. The lowest BCUT2D eigenvalue weighted by molar-refractivity contribution is -0.147. The molecule has 2 fully saturated rings. The second-order valence-corrected chi connectivity index (χ2v) is 28.1. The number of thioether (sulfide) groups is 2. The number of aromatic amines is 2. The van der Waals surface area contributed by atoms with Crippen LogP contribution < -0.4 is 58.2 Å². The number of hydrogen-bond donors (Lipinski definition) is 12. The fourth-order valence-corrected chi connectivity index (χ4v) is 14.9. The summed E-state index contributed by atoms with van der Waals surface area (Å²) in [5.74, 6) is -6.81. The molecule has 2 saturated heterocycles. The molecule has 542 valence electrons. The molecule has 10 amide bonds. The average molecular weight is 1430 g/mol. The molecule has 30 heteroatoms. The lowest BCUT2D eigenvalue weighted by atomic mass is 9.95. The van der Waals surface area contributed by atoms with Crippen LogP contribution in [0.25, 0.3) is 21.8 Å². The van der Waals surface area contributed by atoms with E-state index < -0.39 is 131 Å². The van der Waals surface area contributed by atoms with Crippen molar-refractivity contribution in [2.24, 2.45) is 11.5 Å². The summed E-state index contributed by atoms with van der Waals surface area (Å²) in [5.41, 5.74) is 14.1. The molecule has 6 aromatic rings. The zero-order valence-corrected chi connectivity index (χ0v) is 58.7. The second-order valence-electron chi connectivity index (χ2n) is 26.0. The number of aromatic nitrogens is 2. The number of halogens is 2. The summed E-state index contributed by atoms with van der Waals surface area (Å²) in [5, 5.41) is 31.3. The number of rotatable bonds is 14. The number of hydrogen-bond acceptors (Lipinski definition) is 16. The van der Waals surface area contributed by atoms with Crippen molar-refractivity contribution in [1.82, 2.24) is 57.0 Å². The molecule has 3 aliphatic rings. The van der Waals surface area contributed by atoms with E-state index in [-0.39, 0.29) is 70.2 Å². The number of benzene rings is 4. The minimum Gasteiger partial charge on any atom is -0.497 e.